The third-order valence-electron chi connectivity index (χ3n) is 4.02. The summed E-state index contributed by atoms with van der Waals surface area (Å²) in [7, 11) is 0. The molecule has 0 aliphatic carbocycles. The van der Waals surface area contributed by atoms with Crippen LogP contribution in [-0.2, 0) is 4.79 Å². The Morgan fingerprint density at radius 3 is 2.73 bits per heavy atom. The Balaban J connectivity index is 1.98. The number of ether oxygens (including phenoxy) is 1. The molecule has 3 N–H and O–H groups in total. The summed E-state index contributed by atoms with van der Waals surface area (Å²) < 4.78 is 6.63. The van der Waals surface area contributed by atoms with Gasteiger partial charge in [-0.1, -0.05) is 30.3 Å². The van der Waals surface area contributed by atoms with E-state index in [1.165, 1.54) is 4.68 Å². The quantitative estimate of drug-likeness (QED) is 0.555. The number of nitrogens with one attached hydrogen (secondary N) is 1. The van der Waals surface area contributed by atoms with Crippen LogP contribution in [0.15, 0.2) is 53.3 Å². The second-order valence-electron chi connectivity index (χ2n) is 5.65. The first-order valence-corrected chi connectivity index (χ1v) is 7.77. The molecule has 0 saturated heterocycles. The number of nitrogen functional groups attached to an aromatic ring is 1. The number of carbonyl (C=O) groups excluding carboxylic acids is 1. The molecule has 0 bridgehead atoms. The minimum atomic E-state index is -1.35. The maximum absolute atomic E-state index is 12.5. The van der Waals surface area contributed by atoms with Gasteiger partial charge >= 0.3 is 0 Å². The van der Waals surface area contributed by atoms with Gasteiger partial charge < -0.3 is 25.4 Å². The number of pyridine rings is 1. The zero-order valence-electron chi connectivity index (χ0n) is 13.4. The largest absolute Gasteiger partial charge is 0.546 e. The Labute approximate surface area is 146 Å². The van der Waals surface area contributed by atoms with E-state index in [1.54, 1.807) is 30.3 Å². The Hall–Kier alpha value is -3.81. The van der Waals surface area contributed by atoms with Gasteiger partial charge in [0.25, 0.3) is 5.56 Å². The number of aromatic amines is 1. The van der Waals surface area contributed by atoms with E-state index in [0.29, 0.717) is 16.7 Å². The van der Waals surface area contributed by atoms with Gasteiger partial charge in [-0.05, 0) is 18.2 Å². The number of nitrogens with zero attached hydrogens (tertiary/aromatic N) is 2. The van der Waals surface area contributed by atoms with Crippen LogP contribution in [0.3, 0.4) is 0 Å². The van der Waals surface area contributed by atoms with Crippen molar-refractivity contribution in [3.8, 4) is 11.4 Å². The van der Waals surface area contributed by atoms with E-state index in [1.807, 2.05) is 18.2 Å². The maximum Gasteiger partial charge on any atom is 0.261 e. The summed E-state index contributed by atoms with van der Waals surface area (Å²) >= 11 is 0. The fourth-order valence-corrected chi connectivity index (χ4v) is 2.90. The molecule has 2 aromatic heterocycles. The lowest BCUT2D eigenvalue weighted by Crippen LogP contribution is -2.29. The Bertz CT molecular complexity index is 1210. The van der Waals surface area contributed by atoms with Crippen molar-refractivity contribution in [2.24, 2.45) is 0 Å². The van der Waals surface area contributed by atoms with Crippen LogP contribution in [-0.4, -0.2) is 27.3 Å². The smallest absolute Gasteiger partial charge is 0.261 e. The summed E-state index contributed by atoms with van der Waals surface area (Å²) in [6.45, 7) is -0.610. The van der Waals surface area contributed by atoms with E-state index in [2.05, 4.69) is 10.1 Å². The molecule has 8 heteroatoms. The SMILES string of the molecule is Nc1c2c(=O)[nH]c3ccccc3c2nn1-c1ccccc1OCC(=O)[O-]. The molecule has 2 heterocycles. The number of H-pyrrole nitrogens is 1. The third-order valence-corrected chi connectivity index (χ3v) is 4.02. The van der Waals surface area contributed by atoms with E-state index < -0.39 is 12.6 Å². The second kappa shape index (κ2) is 5.92. The van der Waals surface area contributed by atoms with E-state index in [0.717, 1.165) is 5.39 Å². The predicted molar refractivity (Wildman–Crippen MR) is 94.1 cm³/mol. The lowest BCUT2D eigenvalue weighted by atomic mass is 10.1. The summed E-state index contributed by atoms with van der Waals surface area (Å²) in [4.78, 5) is 25.9. The van der Waals surface area contributed by atoms with Gasteiger partial charge in [0.05, 0.1) is 11.5 Å². The molecule has 0 aliphatic rings. The van der Waals surface area contributed by atoms with Crippen LogP contribution >= 0.6 is 0 Å². The highest BCUT2D eigenvalue weighted by Crippen LogP contribution is 2.30. The molecule has 0 unspecified atom stereocenters. The molecule has 4 aromatic rings. The van der Waals surface area contributed by atoms with Crippen LogP contribution < -0.4 is 21.1 Å². The maximum atomic E-state index is 12.5. The average molecular weight is 349 g/mol. The minimum Gasteiger partial charge on any atom is -0.546 e. The molecular weight excluding hydrogens is 336 g/mol. The molecular formula is C18H13N4O4-. The number of rotatable bonds is 4. The number of nitrogens with two attached hydrogens (primary N) is 1. The van der Waals surface area contributed by atoms with Crippen molar-refractivity contribution in [3.63, 3.8) is 0 Å². The molecule has 0 fully saturated rings. The van der Waals surface area contributed by atoms with Crippen molar-refractivity contribution in [3.05, 3.63) is 58.9 Å². The van der Waals surface area contributed by atoms with Crippen LogP contribution in [0.5, 0.6) is 5.75 Å². The number of fused-ring (bicyclic) bond motifs is 3. The van der Waals surface area contributed by atoms with Gasteiger partial charge in [0.2, 0.25) is 0 Å². The van der Waals surface area contributed by atoms with Crippen molar-refractivity contribution in [2.45, 2.75) is 0 Å². The van der Waals surface area contributed by atoms with Crippen LogP contribution in [0, 0.1) is 0 Å². The molecule has 0 atom stereocenters. The van der Waals surface area contributed by atoms with Gasteiger partial charge in [-0.15, -0.1) is 0 Å². The molecule has 0 saturated carbocycles. The van der Waals surface area contributed by atoms with Crippen molar-refractivity contribution >= 4 is 33.6 Å². The monoisotopic (exact) mass is 349 g/mol. The highest BCUT2D eigenvalue weighted by atomic mass is 16.5. The van der Waals surface area contributed by atoms with Crippen LogP contribution in [0.1, 0.15) is 0 Å². The van der Waals surface area contributed by atoms with Gasteiger partial charge in [0.1, 0.15) is 34.8 Å². The Morgan fingerprint density at radius 2 is 1.92 bits per heavy atom. The van der Waals surface area contributed by atoms with E-state index in [4.69, 9.17) is 10.5 Å². The van der Waals surface area contributed by atoms with Crippen molar-refractivity contribution < 1.29 is 14.6 Å². The minimum absolute atomic E-state index is 0.136. The number of anilines is 1. The summed E-state index contributed by atoms with van der Waals surface area (Å²) in [5.74, 6) is -0.950. The van der Waals surface area contributed by atoms with Gasteiger partial charge in [0.15, 0.2) is 0 Å². The second-order valence-corrected chi connectivity index (χ2v) is 5.65. The van der Waals surface area contributed by atoms with Crippen LogP contribution in [0.4, 0.5) is 5.82 Å². The molecule has 0 radical (unpaired) electrons. The summed E-state index contributed by atoms with van der Waals surface area (Å²) in [6.07, 6.45) is 0. The van der Waals surface area contributed by atoms with Gasteiger partial charge in [0, 0.05) is 5.39 Å². The first kappa shape index (κ1) is 15.7. The van der Waals surface area contributed by atoms with Crippen molar-refractivity contribution in [1.29, 1.82) is 0 Å². The average Bonchev–Trinajstić information content (AvgIpc) is 2.98. The van der Waals surface area contributed by atoms with E-state index >= 15 is 0 Å². The van der Waals surface area contributed by atoms with Gasteiger partial charge in [-0.3, -0.25) is 4.79 Å². The third kappa shape index (κ3) is 2.44. The van der Waals surface area contributed by atoms with Crippen molar-refractivity contribution in [1.82, 2.24) is 14.8 Å². The number of aromatic nitrogens is 3. The fraction of sp³-hybridized carbons (Fsp3) is 0.0556. The summed E-state index contributed by atoms with van der Waals surface area (Å²) in [5.41, 5.74) is 7.36. The fourth-order valence-electron chi connectivity index (χ4n) is 2.90. The molecule has 130 valence electrons. The normalized spacial score (nSPS) is 11.1. The number of para-hydroxylation sites is 3. The molecule has 0 amide bonds. The van der Waals surface area contributed by atoms with Crippen LogP contribution in [0.25, 0.3) is 27.5 Å². The molecule has 4 rings (SSSR count). The predicted octanol–water partition coefficient (Wildman–Crippen LogP) is 0.578. The van der Waals surface area contributed by atoms with Gasteiger partial charge in [-0.25, -0.2) is 4.68 Å². The lowest BCUT2D eigenvalue weighted by Gasteiger charge is -2.12. The van der Waals surface area contributed by atoms with E-state index in [-0.39, 0.29) is 22.5 Å². The van der Waals surface area contributed by atoms with Crippen LogP contribution in [0.2, 0.25) is 0 Å². The number of carboxylic acids is 1. The highest BCUT2D eigenvalue weighted by molar-refractivity contribution is 6.06. The number of carbonyl (C=O) groups is 1. The number of aliphatic carboxylic acids is 1. The first-order valence-electron chi connectivity index (χ1n) is 7.77. The zero-order valence-corrected chi connectivity index (χ0v) is 13.4. The van der Waals surface area contributed by atoms with E-state index in [9.17, 15) is 14.7 Å². The molecule has 0 spiro atoms. The molecule has 8 nitrogen and oxygen atoms in total. The summed E-state index contributed by atoms with van der Waals surface area (Å²) in [5, 5.41) is 16.2. The number of carboxylic acid groups (broad SMARTS) is 1. The van der Waals surface area contributed by atoms with Crippen molar-refractivity contribution in [2.75, 3.05) is 12.3 Å². The highest BCUT2D eigenvalue weighted by Gasteiger charge is 2.18. The molecule has 0 aliphatic heterocycles. The first-order chi connectivity index (χ1) is 12.6. The molecule has 2 aromatic carbocycles. The Morgan fingerprint density at radius 1 is 1.19 bits per heavy atom. The Kier molecular flexibility index (Phi) is 3.58. The summed E-state index contributed by atoms with van der Waals surface area (Å²) in [6, 6.07) is 14.0. The standard InChI is InChI=1S/C18H14N4O4/c19-17-15-16(10-5-1-2-6-11(10)20-18(15)25)21-22(17)12-7-3-4-8-13(12)26-9-14(23)24/h1-8H,9,19H2,(H,20,25)(H,23,24)/p-1. The zero-order chi connectivity index (χ0) is 18.3. The number of hydrogen-bond acceptors (Lipinski definition) is 6. The lowest BCUT2D eigenvalue weighted by molar-refractivity contribution is -0.307. The number of hydrogen-bond donors (Lipinski definition) is 2. The van der Waals surface area contributed by atoms with Gasteiger partial charge in [-0.2, -0.15) is 5.10 Å². The molecule has 26 heavy (non-hydrogen) atoms. The number of benzene rings is 2. The topological polar surface area (TPSA) is 126 Å².